The average molecular weight is 155 g/mol. The first-order chi connectivity index (χ1) is 5.25. The Balaban J connectivity index is 2.43. The SMILES string of the molecule is CB(O)N1CCCC1CC=O. The van der Waals surface area contributed by atoms with E-state index in [-0.39, 0.29) is 6.04 Å². The third-order valence-electron chi connectivity index (χ3n) is 2.27. The van der Waals surface area contributed by atoms with E-state index in [1.807, 2.05) is 4.81 Å². The van der Waals surface area contributed by atoms with Crippen molar-refractivity contribution >= 4 is 13.3 Å². The molecule has 0 amide bonds. The van der Waals surface area contributed by atoms with Crippen LogP contribution in [-0.2, 0) is 4.79 Å². The van der Waals surface area contributed by atoms with Crippen LogP contribution in [0.2, 0.25) is 6.82 Å². The molecule has 1 N–H and O–H groups in total. The fourth-order valence-electron chi connectivity index (χ4n) is 1.71. The van der Waals surface area contributed by atoms with E-state index in [1.54, 1.807) is 6.82 Å². The summed E-state index contributed by atoms with van der Waals surface area (Å²) in [6, 6.07) is 0.285. The molecular weight excluding hydrogens is 141 g/mol. The summed E-state index contributed by atoms with van der Waals surface area (Å²) >= 11 is 0. The lowest BCUT2D eigenvalue weighted by Gasteiger charge is -2.23. The highest BCUT2D eigenvalue weighted by molar-refractivity contribution is 6.45. The molecule has 11 heavy (non-hydrogen) atoms. The molecule has 1 atom stereocenters. The molecule has 0 aliphatic carbocycles. The van der Waals surface area contributed by atoms with Crippen molar-refractivity contribution in [3.63, 3.8) is 0 Å². The van der Waals surface area contributed by atoms with Crippen molar-refractivity contribution in [2.24, 2.45) is 0 Å². The molecule has 0 bridgehead atoms. The smallest absolute Gasteiger partial charge is 0.376 e. The van der Waals surface area contributed by atoms with Crippen LogP contribution in [0.5, 0.6) is 0 Å². The van der Waals surface area contributed by atoms with Gasteiger partial charge in [0.25, 0.3) is 0 Å². The molecule has 4 heteroatoms. The molecule has 0 aromatic rings. The quantitative estimate of drug-likeness (QED) is 0.465. The molecule has 0 aromatic carbocycles. The van der Waals surface area contributed by atoms with Gasteiger partial charge in [-0.1, -0.05) is 0 Å². The minimum absolute atomic E-state index is 0.285. The Labute approximate surface area is 67.5 Å². The van der Waals surface area contributed by atoms with Crippen molar-refractivity contribution in [2.45, 2.75) is 32.1 Å². The van der Waals surface area contributed by atoms with Gasteiger partial charge in [-0.3, -0.25) is 0 Å². The van der Waals surface area contributed by atoms with E-state index >= 15 is 0 Å². The molecule has 1 aliphatic heterocycles. The Bertz CT molecular complexity index is 140. The second-order valence-electron chi connectivity index (χ2n) is 3.07. The summed E-state index contributed by atoms with van der Waals surface area (Å²) in [5, 5.41) is 9.26. The molecule has 62 valence electrons. The third-order valence-corrected chi connectivity index (χ3v) is 2.27. The molecule has 1 rings (SSSR count). The Kier molecular flexibility index (Phi) is 3.08. The highest BCUT2D eigenvalue weighted by Gasteiger charge is 2.28. The third kappa shape index (κ3) is 2.04. The summed E-state index contributed by atoms with van der Waals surface area (Å²) in [5.41, 5.74) is 0. The lowest BCUT2D eigenvalue weighted by Crippen LogP contribution is -2.40. The van der Waals surface area contributed by atoms with Crippen LogP contribution in [0.15, 0.2) is 0 Å². The zero-order valence-corrected chi connectivity index (χ0v) is 6.86. The normalized spacial score (nSPS) is 25.5. The minimum Gasteiger partial charge on any atom is -0.437 e. The molecule has 1 unspecified atom stereocenters. The Morgan fingerprint density at radius 3 is 3.09 bits per heavy atom. The van der Waals surface area contributed by atoms with Crippen LogP contribution in [0.3, 0.4) is 0 Å². The standard InChI is InChI=1S/C7H14BNO2/c1-8(11)9-5-2-3-7(9)4-6-10/h6-7,11H,2-5H2,1H3. The molecule has 1 aliphatic rings. The van der Waals surface area contributed by atoms with Gasteiger partial charge in [0.1, 0.15) is 6.29 Å². The van der Waals surface area contributed by atoms with E-state index in [1.165, 1.54) is 0 Å². The predicted octanol–water partition coefficient (Wildman–Crippen LogP) is 0.150. The Hall–Kier alpha value is -0.345. The lowest BCUT2D eigenvalue weighted by atomic mass is 9.84. The predicted molar refractivity (Wildman–Crippen MR) is 44.2 cm³/mol. The zero-order valence-electron chi connectivity index (χ0n) is 6.86. The molecule has 0 radical (unpaired) electrons. The maximum Gasteiger partial charge on any atom is 0.376 e. The first-order valence-electron chi connectivity index (χ1n) is 4.13. The summed E-state index contributed by atoms with van der Waals surface area (Å²) in [5.74, 6) is 0. The van der Waals surface area contributed by atoms with Gasteiger partial charge >= 0.3 is 7.05 Å². The number of rotatable bonds is 3. The molecule has 0 aromatic heterocycles. The van der Waals surface area contributed by atoms with Gasteiger partial charge in [-0.25, -0.2) is 0 Å². The van der Waals surface area contributed by atoms with Crippen LogP contribution in [0.1, 0.15) is 19.3 Å². The summed E-state index contributed by atoms with van der Waals surface area (Å²) in [4.78, 5) is 12.2. The van der Waals surface area contributed by atoms with Crippen molar-refractivity contribution < 1.29 is 9.82 Å². The van der Waals surface area contributed by atoms with Gasteiger partial charge in [0.15, 0.2) is 0 Å². The fraction of sp³-hybridized carbons (Fsp3) is 0.857. The Morgan fingerprint density at radius 2 is 2.55 bits per heavy atom. The van der Waals surface area contributed by atoms with Gasteiger partial charge in [0.05, 0.1) is 0 Å². The maximum atomic E-state index is 10.2. The van der Waals surface area contributed by atoms with Crippen molar-refractivity contribution in [2.75, 3.05) is 6.54 Å². The van der Waals surface area contributed by atoms with Gasteiger partial charge in [0.2, 0.25) is 0 Å². The number of carbonyl (C=O) groups is 1. The van der Waals surface area contributed by atoms with Crippen molar-refractivity contribution in [1.82, 2.24) is 4.81 Å². The van der Waals surface area contributed by atoms with E-state index < -0.39 is 7.05 Å². The highest BCUT2D eigenvalue weighted by Crippen LogP contribution is 2.19. The number of nitrogens with zero attached hydrogens (tertiary/aromatic N) is 1. The first-order valence-corrected chi connectivity index (χ1v) is 4.13. The fourth-order valence-corrected chi connectivity index (χ4v) is 1.71. The largest absolute Gasteiger partial charge is 0.437 e. The molecule has 0 saturated carbocycles. The van der Waals surface area contributed by atoms with Crippen molar-refractivity contribution in [3.05, 3.63) is 0 Å². The molecule has 1 saturated heterocycles. The highest BCUT2D eigenvalue weighted by atomic mass is 16.2. The van der Waals surface area contributed by atoms with Crippen molar-refractivity contribution in [3.8, 4) is 0 Å². The van der Waals surface area contributed by atoms with Crippen LogP contribution >= 0.6 is 0 Å². The van der Waals surface area contributed by atoms with Crippen LogP contribution < -0.4 is 0 Å². The van der Waals surface area contributed by atoms with Gasteiger partial charge in [0, 0.05) is 12.5 Å². The molecule has 1 heterocycles. The monoisotopic (exact) mass is 155 g/mol. The van der Waals surface area contributed by atoms with E-state index in [0.29, 0.717) is 6.42 Å². The first kappa shape index (κ1) is 8.75. The molecule has 1 fully saturated rings. The van der Waals surface area contributed by atoms with Gasteiger partial charge in [-0.05, 0) is 26.2 Å². The van der Waals surface area contributed by atoms with E-state index in [9.17, 15) is 9.82 Å². The second-order valence-corrected chi connectivity index (χ2v) is 3.07. The van der Waals surface area contributed by atoms with Crippen LogP contribution in [0.25, 0.3) is 0 Å². The van der Waals surface area contributed by atoms with Crippen LogP contribution in [-0.4, -0.2) is 35.8 Å². The van der Waals surface area contributed by atoms with Gasteiger partial charge in [-0.2, -0.15) is 0 Å². The van der Waals surface area contributed by atoms with Gasteiger partial charge in [-0.15, -0.1) is 0 Å². The number of aldehydes is 1. The lowest BCUT2D eigenvalue weighted by molar-refractivity contribution is -0.108. The van der Waals surface area contributed by atoms with Crippen LogP contribution in [0, 0.1) is 0 Å². The number of carbonyl (C=O) groups excluding carboxylic acids is 1. The minimum atomic E-state index is -0.401. The van der Waals surface area contributed by atoms with Crippen LogP contribution in [0.4, 0.5) is 0 Å². The average Bonchev–Trinajstić information content (AvgIpc) is 2.36. The van der Waals surface area contributed by atoms with E-state index in [0.717, 1.165) is 25.7 Å². The summed E-state index contributed by atoms with van der Waals surface area (Å²) in [7, 11) is -0.401. The number of hydrogen-bond acceptors (Lipinski definition) is 3. The number of hydrogen-bond donors (Lipinski definition) is 1. The summed E-state index contributed by atoms with van der Waals surface area (Å²) < 4.78 is 0. The molecule has 3 nitrogen and oxygen atoms in total. The molecule has 0 spiro atoms. The Morgan fingerprint density at radius 1 is 1.82 bits per heavy atom. The zero-order chi connectivity index (χ0) is 8.27. The summed E-state index contributed by atoms with van der Waals surface area (Å²) in [6.07, 6.45) is 3.64. The topological polar surface area (TPSA) is 40.5 Å². The summed E-state index contributed by atoms with van der Waals surface area (Å²) in [6.45, 7) is 2.68. The van der Waals surface area contributed by atoms with E-state index in [4.69, 9.17) is 0 Å². The molecular formula is C7H14BNO2. The van der Waals surface area contributed by atoms with E-state index in [2.05, 4.69) is 0 Å². The van der Waals surface area contributed by atoms with Gasteiger partial charge < -0.3 is 14.6 Å². The second kappa shape index (κ2) is 3.88. The van der Waals surface area contributed by atoms with Crippen molar-refractivity contribution in [1.29, 1.82) is 0 Å². The maximum absolute atomic E-state index is 10.2.